The lowest BCUT2D eigenvalue weighted by Gasteiger charge is -2.06. The van der Waals surface area contributed by atoms with Crippen LogP contribution in [-0.4, -0.2) is 28.2 Å². The predicted molar refractivity (Wildman–Crippen MR) is 116 cm³/mol. The zero-order valence-electron chi connectivity index (χ0n) is 17.2. The van der Waals surface area contributed by atoms with Crippen LogP contribution in [0.2, 0.25) is 0 Å². The minimum absolute atomic E-state index is 0.209. The molecule has 1 aromatic heterocycles. The molecule has 2 N–H and O–H groups in total. The van der Waals surface area contributed by atoms with E-state index in [2.05, 4.69) is 32.1 Å². The number of hydrogen-bond donors (Lipinski definition) is 2. The maximum atomic E-state index is 14.5. The number of halogens is 1. The normalized spacial score (nSPS) is 12.2. The van der Waals surface area contributed by atoms with E-state index in [1.165, 1.54) is 11.6 Å². The van der Waals surface area contributed by atoms with Crippen molar-refractivity contribution < 1.29 is 22.9 Å². The van der Waals surface area contributed by atoms with Gasteiger partial charge in [-0.3, -0.25) is 4.57 Å². The van der Waals surface area contributed by atoms with E-state index in [0.29, 0.717) is 37.4 Å². The highest BCUT2D eigenvalue weighted by atomic mass is 31.1. The average Bonchev–Trinajstić information content (AvgIpc) is 3.23. The molecule has 31 heavy (non-hydrogen) atoms. The summed E-state index contributed by atoms with van der Waals surface area (Å²) >= 11 is 0. The summed E-state index contributed by atoms with van der Waals surface area (Å²) < 4.78 is 34.9. The highest BCUT2D eigenvalue weighted by Gasteiger charge is 2.13. The number of hydrogen-bond acceptors (Lipinski definition) is 6. The first-order valence-corrected chi connectivity index (χ1v) is 11.6. The molecule has 0 amide bonds. The number of unbranched alkanes of at least 4 members (excludes halogenated alkanes) is 1. The Morgan fingerprint density at radius 2 is 1.87 bits per heavy atom. The zero-order chi connectivity index (χ0) is 21.9. The molecule has 0 radical (unpaired) electrons. The second-order valence-corrected chi connectivity index (χ2v) is 7.98. The fraction of sp³-hybridized carbons (Fsp3) is 0.364. The Morgan fingerprint density at radius 1 is 1.06 bits per heavy atom. The summed E-state index contributed by atoms with van der Waals surface area (Å²) in [5.74, 6) is 0.366. The van der Waals surface area contributed by atoms with Crippen molar-refractivity contribution in [2.24, 2.45) is 0 Å². The lowest BCUT2D eigenvalue weighted by molar-refractivity contribution is 0.276. The third-order valence-electron chi connectivity index (χ3n) is 4.74. The molecule has 166 valence electrons. The average molecular weight is 447 g/mol. The molecule has 0 aliphatic carbocycles. The van der Waals surface area contributed by atoms with Gasteiger partial charge in [-0.15, -0.1) is 0 Å². The molecule has 0 spiro atoms. The van der Waals surface area contributed by atoms with E-state index in [-0.39, 0.29) is 12.4 Å². The summed E-state index contributed by atoms with van der Waals surface area (Å²) in [6.45, 7) is 1.28. The van der Waals surface area contributed by atoms with Crippen LogP contribution in [-0.2, 0) is 28.5 Å². The molecule has 1 heterocycles. The van der Waals surface area contributed by atoms with Crippen molar-refractivity contribution in [1.82, 2.24) is 15.5 Å². The van der Waals surface area contributed by atoms with E-state index in [1.54, 1.807) is 6.07 Å². The molecule has 0 saturated heterocycles. The Labute approximate surface area is 181 Å². The van der Waals surface area contributed by atoms with Gasteiger partial charge in [-0.2, -0.15) is 4.98 Å². The maximum Gasteiger partial charge on any atom is 0.316 e. The molecule has 2 aromatic carbocycles. The molecular weight excluding hydrogens is 420 g/mol. The lowest BCUT2D eigenvalue weighted by atomic mass is 10.1. The van der Waals surface area contributed by atoms with Crippen LogP contribution < -0.4 is 5.32 Å². The third kappa shape index (κ3) is 7.99. The summed E-state index contributed by atoms with van der Waals surface area (Å²) in [6, 6.07) is 15.2. The number of nitrogens with zero attached hydrogens (tertiary/aromatic N) is 2. The van der Waals surface area contributed by atoms with Crippen LogP contribution >= 0.6 is 8.25 Å². The maximum absolute atomic E-state index is 14.5. The van der Waals surface area contributed by atoms with E-state index in [9.17, 15) is 8.96 Å². The SMILES string of the molecule is O=[PH](O)OCCCNCc1ccc(-c2noc(CCCCc3ccccc3)n2)c(F)c1. The zero-order valence-corrected chi connectivity index (χ0v) is 18.2. The fourth-order valence-corrected chi connectivity index (χ4v) is 3.47. The number of nitrogens with one attached hydrogen (secondary N) is 1. The van der Waals surface area contributed by atoms with Gasteiger partial charge in [0.25, 0.3) is 0 Å². The lowest BCUT2D eigenvalue weighted by Crippen LogP contribution is -2.16. The molecule has 1 atom stereocenters. The fourth-order valence-electron chi connectivity index (χ4n) is 3.16. The minimum atomic E-state index is -2.87. The summed E-state index contributed by atoms with van der Waals surface area (Å²) in [7, 11) is -2.87. The van der Waals surface area contributed by atoms with Crippen LogP contribution in [0.1, 0.15) is 36.3 Å². The topological polar surface area (TPSA) is 97.5 Å². The Balaban J connectivity index is 1.43. The Bertz CT molecular complexity index is 968. The van der Waals surface area contributed by atoms with Crippen LogP contribution in [0.4, 0.5) is 4.39 Å². The molecule has 0 saturated carbocycles. The van der Waals surface area contributed by atoms with E-state index in [1.807, 2.05) is 24.3 Å². The van der Waals surface area contributed by atoms with Gasteiger partial charge >= 0.3 is 8.25 Å². The molecule has 7 nitrogen and oxygen atoms in total. The van der Waals surface area contributed by atoms with Gasteiger partial charge in [-0.1, -0.05) is 41.6 Å². The second kappa shape index (κ2) is 12.5. The van der Waals surface area contributed by atoms with Gasteiger partial charge in [0, 0.05) is 13.0 Å². The molecule has 1 unspecified atom stereocenters. The highest BCUT2D eigenvalue weighted by Crippen LogP contribution is 2.22. The molecular formula is C22H27FN3O4P. The van der Waals surface area contributed by atoms with Crippen molar-refractivity contribution in [2.75, 3.05) is 13.2 Å². The first kappa shape index (κ1) is 23.3. The third-order valence-corrected chi connectivity index (χ3v) is 5.20. The van der Waals surface area contributed by atoms with Gasteiger partial charge in [0.2, 0.25) is 11.7 Å². The van der Waals surface area contributed by atoms with Crippen LogP contribution in [0.3, 0.4) is 0 Å². The second-order valence-electron chi connectivity index (χ2n) is 7.16. The number of aryl methyl sites for hydroxylation is 2. The first-order chi connectivity index (χ1) is 15.1. The Morgan fingerprint density at radius 3 is 2.65 bits per heavy atom. The largest absolute Gasteiger partial charge is 0.339 e. The summed E-state index contributed by atoms with van der Waals surface area (Å²) in [5.41, 5.74) is 2.40. The quantitative estimate of drug-likeness (QED) is 0.297. The van der Waals surface area contributed by atoms with Crippen molar-refractivity contribution in [3.05, 3.63) is 71.4 Å². The standard InChI is InChI=1S/C22H27FN3O4P/c23-20-15-18(16-24-13-6-14-29-31(27)28)11-12-19(20)22-25-21(30-26-22)10-5-4-9-17-7-2-1-3-8-17/h1-3,7-8,11-12,15,24,31H,4-6,9-10,13-14,16H2,(H,27,28). The summed E-state index contributed by atoms with van der Waals surface area (Å²) in [6.07, 6.45) is 4.20. The van der Waals surface area contributed by atoms with E-state index in [0.717, 1.165) is 24.8 Å². The van der Waals surface area contributed by atoms with Gasteiger partial charge in [0.05, 0.1) is 12.2 Å². The van der Waals surface area contributed by atoms with Gasteiger partial charge in [-0.25, -0.2) is 4.39 Å². The van der Waals surface area contributed by atoms with Crippen LogP contribution in [0.5, 0.6) is 0 Å². The molecule has 0 fully saturated rings. The van der Waals surface area contributed by atoms with E-state index in [4.69, 9.17) is 9.42 Å². The molecule has 0 bridgehead atoms. The summed E-state index contributed by atoms with van der Waals surface area (Å²) in [4.78, 5) is 12.9. The van der Waals surface area contributed by atoms with Crippen LogP contribution in [0.15, 0.2) is 53.1 Å². The van der Waals surface area contributed by atoms with Gasteiger partial charge < -0.3 is 19.3 Å². The Kier molecular flexibility index (Phi) is 9.37. The number of benzene rings is 2. The molecule has 0 aliphatic heterocycles. The molecule has 9 heteroatoms. The van der Waals surface area contributed by atoms with Crippen molar-refractivity contribution in [3.63, 3.8) is 0 Å². The number of aromatic nitrogens is 2. The van der Waals surface area contributed by atoms with Gasteiger partial charge in [0.1, 0.15) is 5.82 Å². The monoisotopic (exact) mass is 447 g/mol. The van der Waals surface area contributed by atoms with Crippen molar-refractivity contribution in [3.8, 4) is 11.4 Å². The molecule has 3 aromatic rings. The van der Waals surface area contributed by atoms with Crippen LogP contribution in [0, 0.1) is 5.82 Å². The summed E-state index contributed by atoms with van der Waals surface area (Å²) in [5, 5.41) is 7.06. The van der Waals surface area contributed by atoms with Crippen LogP contribution in [0.25, 0.3) is 11.4 Å². The minimum Gasteiger partial charge on any atom is -0.339 e. The van der Waals surface area contributed by atoms with E-state index < -0.39 is 14.1 Å². The first-order valence-electron chi connectivity index (χ1n) is 10.3. The van der Waals surface area contributed by atoms with Crippen molar-refractivity contribution >= 4 is 8.25 Å². The highest BCUT2D eigenvalue weighted by molar-refractivity contribution is 7.32. The molecule has 0 aliphatic rings. The van der Waals surface area contributed by atoms with Gasteiger partial charge in [0.15, 0.2) is 0 Å². The van der Waals surface area contributed by atoms with E-state index >= 15 is 0 Å². The predicted octanol–water partition coefficient (Wildman–Crippen LogP) is 4.32. The number of rotatable bonds is 13. The van der Waals surface area contributed by atoms with Crippen molar-refractivity contribution in [1.29, 1.82) is 0 Å². The van der Waals surface area contributed by atoms with Crippen molar-refractivity contribution in [2.45, 2.75) is 38.6 Å². The van der Waals surface area contributed by atoms with Gasteiger partial charge in [-0.05, 0) is 55.5 Å². The smallest absolute Gasteiger partial charge is 0.316 e. The molecule has 3 rings (SSSR count). The Hall–Kier alpha value is -2.38.